The normalized spacial score (nSPS) is 18.9. The highest BCUT2D eigenvalue weighted by Crippen LogP contribution is 2.27. The van der Waals surface area contributed by atoms with E-state index >= 15 is 0 Å². The molecule has 5 heteroatoms. The zero-order chi connectivity index (χ0) is 12.8. The Morgan fingerprint density at radius 1 is 1.44 bits per heavy atom. The summed E-state index contributed by atoms with van der Waals surface area (Å²) in [6, 6.07) is 5.94. The number of hydrogen-bond acceptors (Lipinski definition) is 5. The highest BCUT2D eigenvalue weighted by Gasteiger charge is 2.22. The first kappa shape index (κ1) is 13.1. The number of nitrogens with zero attached hydrogens (tertiary/aromatic N) is 3. The molecule has 0 radical (unpaired) electrons. The van der Waals surface area contributed by atoms with Gasteiger partial charge in [-0.2, -0.15) is 0 Å². The van der Waals surface area contributed by atoms with Crippen molar-refractivity contribution in [2.24, 2.45) is 4.99 Å². The van der Waals surface area contributed by atoms with Gasteiger partial charge >= 0.3 is 0 Å². The zero-order valence-corrected chi connectivity index (χ0v) is 11.4. The first-order valence-corrected chi connectivity index (χ1v) is 7.09. The summed E-state index contributed by atoms with van der Waals surface area (Å²) in [6.07, 6.45) is 7.73. The molecule has 1 atom stereocenters. The van der Waals surface area contributed by atoms with Crippen molar-refractivity contribution in [1.29, 1.82) is 0 Å². The molecule has 0 aromatic carbocycles. The smallest absolute Gasteiger partial charge is 0.168 e. The van der Waals surface area contributed by atoms with E-state index in [1.54, 1.807) is 18.9 Å². The lowest BCUT2D eigenvalue weighted by molar-refractivity contribution is 0.170. The molecular formula is C13H17N3OS. The molecule has 2 rings (SSSR count). The van der Waals surface area contributed by atoms with E-state index < -0.39 is 0 Å². The van der Waals surface area contributed by atoms with E-state index in [1.165, 1.54) is 0 Å². The Labute approximate surface area is 112 Å². The second-order valence-corrected chi connectivity index (χ2v) is 4.71. The summed E-state index contributed by atoms with van der Waals surface area (Å²) >= 11 is 1.71. The molecule has 0 saturated carbocycles. The van der Waals surface area contributed by atoms with Gasteiger partial charge in [0.25, 0.3) is 0 Å². The maximum absolute atomic E-state index is 5.17. The molecule has 0 spiro atoms. The first-order chi connectivity index (χ1) is 8.86. The number of hydrogen-bond donors (Lipinski definition) is 0. The third-order valence-corrected chi connectivity index (χ3v) is 3.49. The van der Waals surface area contributed by atoms with Crippen molar-refractivity contribution in [2.75, 3.05) is 26.5 Å². The molecule has 0 amide bonds. The van der Waals surface area contributed by atoms with Crippen molar-refractivity contribution >= 4 is 23.7 Å². The molecule has 18 heavy (non-hydrogen) atoms. The number of ether oxygens (including phenoxy) is 1. The Morgan fingerprint density at radius 2 is 2.33 bits per heavy atom. The van der Waals surface area contributed by atoms with Crippen LogP contribution >= 0.6 is 11.8 Å². The van der Waals surface area contributed by atoms with Crippen molar-refractivity contribution in [3.05, 3.63) is 36.2 Å². The summed E-state index contributed by atoms with van der Waals surface area (Å²) in [4.78, 5) is 11.1. The van der Waals surface area contributed by atoms with Gasteiger partial charge in [-0.05, 0) is 24.5 Å². The summed E-state index contributed by atoms with van der Waals surface area (Å²) in [7, 11) is 1.71. The maximum Gasteiger partial charge on any atom is 0.168 e. The van der Waals surface area contributed by atoms with E-state index in [0.29, 0.717) is 6.61 Å². The van der Waals surface area contributed by atoms with Gasteiger partial charge in [0, 0.05) is 26.1 Å². The molecule has 0 fully saturated rings. The van der Waals surface area contributed by atoms with Gasteiger partial charge in [0.1, 0.15) is 0 Å². The van der Waals surface area contributed by atoms with Crippen molar-refractivity contribution in [1.82, 2.24) is 9.88 Å². The summed E-state index contributed by atoms with van der Waals surface area (Å²) in [5.41, 5.74) is 2.17. The van der Waals surface area contributed by atoms with Crippen molar-refractivity contribution in [2.45, 2.75) is 5.50 Å². The van der Waals surface area contributed by atoms with E-state index in [9.17, 15) is 0 Å². The number of rotatable bonds is 5. The Balaban J connectivity index is 2.25. The molecule has 0 N–H and O–H groups in total. The SMILES string of the molecule is COCCN1C(c2ccccn2)=CC=NC1SC. The Morgan fingerprint density at radius 3 is 3.00 bits per heavy atom. The number of allylic oxidation sites excluding steroid dienone is 1. The lowest BCUT2D eigenvalue weighted by Crippen LogP contribution is -2.35. The quantitative estimate of drug-likeness (QED) is 0.815. The maximum atomic E-state index is 5.17. The molecule has 1 aromatic heterocycles. The first-order valence-electron chi connectivity index (χ1n) is 5.80. The van der Waals surface area contributed by atoms with Crippen molar-refractivity contribution in [3.63, 3.8) is 0 Å². The van der Waals surface area contributed by atoms with Gasteiger partial charge in [-0.15, -0.1) is 11.8 Å². The summed E-state index contributed by atoms with van der Waals surface area (Å²) < 4.78 is 5.17. The van der Waals surface area contributed by atoms with Gasteiger partial charge in [0.2, 0.25) is 0 Å². The second kappa shape index (κ2) is 6.56. The number of thioether (sulfide) groups is 1. The van der Waals surface area contributed by atoms with Gasteiger partial charge in [-0.1, -0.05) is 6.07 Å². The lowest BCUT2D eigenvalue weighted by atomic mass is 10.2. The van der Waals surface area contributed by atoms with Gasteiger partial charge < -0.3 is 9.64 Å². The fraction of sp³-hybridized carbons (Fsp3) is 0.385. The summed E-state index contributed by atoms with van der Waals surface area (Å²) in [5, 5.41) is 0. The van der Waals surface area contributed by atoms with E-state index in [1.807, 2.05) is 36.7 Å². The average Bonchev–Trinajstić information content (AvgIpc) is 2.45. The molecule has 4 nitrogen and oxygen atoms in total. The van der Waals surface area contributed by atoms with Crippen LogP contribution < -0.4 is 0 Å². The predicted molar refractivity (Wildman–Crippen MR) is 76.6 cm³/mol. The van der Waals surface area contributed by atoms with E-state index in [4.69, 9.17) is 4.74 Å². The highest BCUT2D eigenvalue weighted by molar-refractivity contribution is 7.99. The number of methoxy groups -OCH3 is 1. The van der Waals surface area contributed by atoms with Crippen LogP contribution in [0.15, 0.2) is 35.5 Å². The molecule has 1 aliphatic rings. The minimum Gasteiger partial charge on any atom is -0.383 e. The largest absolute Gasteiger partial charge is 0.383 e. The Hall–Kier alpha value is -1.33. The minimum absolute atomic E-state index is 0.0992. The van der Waals surface area contributed by atoms with Crippen molar-refractivity contribution < 1.29 is 4.74 Å². The molecule has 2 heterocycles. The van der Waals surface area contributed by atoms with Crippen LogP contribution in [0.2, 0.25) is 0 Å². The molecule has 1 aromatic rings. The summed E-state index contributed by atoms with van der Waals surface area (Å²) in [5.74, 6) is 0. The van der Waals surface area contributed by atoms with Gasteiger partial charge in [0.15, 0.2) is 5.50 Å². The molecule has 0 saturated heterocycles. The van der Waals surface area contributed by atoms with E-state index in [2.05, 4.69) is 21.1 Å². The Bertz CT molecular complexity index is 433. The van der Waals surface area contributed by atoms with Crippen LogP contribution in [0.5, 0.6) is 0 Å². The van der Waals surface area contributed by atoms with Gasteiger partial charge in [0.05, 0.1) is 18.0 Å². The molecule has 1 aliphatic heterocycles. The van der Waals surface area contributed by atoms with Crippen LogP contribution in [-0.2, 0) is 4.74 Å². The van der Waals surface area contributed by atoms with Crippen LogP contribution in [0.3, 0.4) is 0 Å². The minimum atomic E-state index is 0.0992. The van der Waals surface area contributed by atoms with Crippen LogP contribution in [0.1, 0.15) is 5.69 Å². The molecule has 0 aliphatic carbocycles. The number of aliphatic imine (C=N–C) groups is 1. The monoisotopic (exact) mass is 263 g/mol. The molecule has 0 bridgehead atoms. The van der Waals surface area contributed by atoms with Gasteiger partial charge in [-0.25, -0.2) is 0 Å². The van der Waals surface area contributed by atoms with Crippen LogP contribution in [-0.4, -0.2) is 48.1 Å². The average molecular weight is 263 g/mol. The summed E-state index contributed by atoms with van der Waals surface area (Å²) in [6.45, 7) is 1.48. The predicted octanol–water partition coefficient (Wildman–Crippen LogP) is 2.10. The second-order valence-electron chi connectivity index (χ2n) is 3.81. The van der Waals surface area contributed by atoms with Crippen LogP contribution in [0.4, 0.5) is 0 Å². The molecular weight excluding hydrogens is 246 g/mol. The topological polar surface area (TPSA) is 37.7 Å². The van der Waals surface area contributed by atoms with Crippen LogP contribution in [0, 0.1) is 0 Å². The lowest BCUT2D eigenvalue weighted by Gasteiger charge is -2.33. The fourth-order valence-corrected chi connectivity index (χ4v) is 2.50. The Kier molecular flexibility index (Phi) is 4.78. The molecule has 96 valence electrons. The standard InChI is InChI=1S/C13H17N3OS/c1-17-10-9-16-12(6-8-15-13(16)18-2)11-5-3-4-7-14-11/h3-8,13H,9-10H2,1-2H3. The number of aromatic nitrogens is 1. The molecule has 1 unspecified atom stereocenters. The third-order valence-electron chi connectivity index (χ3n) is 2.70. The van der Waals surface area contributed by atoms with E-state index in [0.717, 1.165) is 17.9 Å². The third kappa shape index (κ3) is 2.91. The van der Waals surface area contributed by atoms with Crippen LogP contribution in [0.25, 0.3) is 5.70 Å². The van der Waals surface area contributed by atoms with Gasteiger partial charge in [-0.3, -0.25) is 9.98 Å². The van der Waals surface area contributed by atoms with Crippen molar-refractivity contribution in [3.8, 4) is 0 Å². The fourth-order valence-electron chi connectivity index (χ4n) is 1.84. The zero-order valence-electron chi connectivity index (χ0n) is 10.6. The van der Waals surface area contributed by atoms with E-state index in [-0.39, 0.29) is 5.50 Å². The number of pyridine rings is 1. The highest BCUT2D eigenvalue weighted by atomic mass is 32.2.